The van der Waals surface area contributed by atoms with Crippen molar-refractivity contribution in [3.05, 3.63) is 34.1 Å². The summed E-state index contributed by atoms with van der Waals surface area (Å²) in [5.74, 6) is 0.771. The molecule has 0 bridgehead atoms. The smallest absolute Gasteiger partial charge is 0.271 e. The minimum atomic E-state index is -0.425. The molecule has 0 saturated heterocycles. The summed E-state index contributed by atoms with van der Waals surface area (Å²) < 4.78 is 0. The second-order valence-corrected chi connectivity index (χ2v) is 3.17. The molecule has 0 aliphatic carbocycles. The van der Waals surface area contributed by atoms with Crippen molar-refractivity contribution in [2.45, 2.75) is 6.54 Å². The van der Waals surface area contributed by atoms with Gasteiger partial charge in [-0.25, -0.2) is 4.98 Å². The Morgan fingerprint density at radius 1 is 1.60 bits per heavy atom. The Hall–Kier alpha value is -1.95. The lowest BCUT2D eigenvalue weighted by Crippen LogP contribution is -2.06. The molecule has 0 fully saturated rings. The average Bonchev–Trinajstić information content (AvgIpc) is 2.59. The zero-order valence-corrected chi connectivity index (χ0v) is 8.15. The van der Waals surface area contributed by atoms with Crippen molar-refractivity contribution in [2.75, 3.05) is 7.05 Å². The van der Waals surface area contributed by atoms with Crippen LogP contribution in [0.3, 0.4) is 0 Å². The maximum atomic E-state index is 10.5. The molecule has 0 aliphatic heterocycles. The van der Waals surface area contributed by atoms with Crippen LogP contribution in [0, 0.1) is 10.1 Å². The summed E-state index contributed by atoms with van der Waals surface area (Å²) in [7, 11) is 1.82. The molecule has 1 heterocycles. The van der Waals surface area contributed by atoms with Gasteiger partial charge in [0.1, 0.15) is 5.82 Å². The zero-order chi connectivity index (χ0) is 10.8. The molecule has 0 aliphatic rings. The number of nitro benzene ring substituents is 1. The number of hydrogen-bond acceptors (Lipinski definition) is 4. The lowest BCUT2D eigenvalue weighted by Gasteiger charge is -1.89. The van der Waals surface area contributed by atoms with Gasteiger partial charge in [0, 0.05) is 12.1 Å². The first-order chi connectivity index (χ1) is 7.20. The van der Waals surface area contributed by atoms with Crippen LogP contribution < -0.4 is 5.32 Å². The Labute approximate surface area is 85.5 Å². The molecule has 0 saturated carbocycles. The van der Waals surface area contributed by atoms with Gasteiger partial charge in [0.25, 0.3) is 5.69 Å². The molecular weight excluding hydrogens is 196 g/mol. The van der Waals surface area contributed by atoms with Crippen LogP contribution in [0.15, 0.2) is 18.2 Å². The first-order valence-corrected chi connectivity index (χ1v) is 4.48. The SMILES string of the molecule is CNCc1nc2cc([N+](=O)[O-])ccc2[nH]1. The molecule has 2 aromatic rings. The van der Waals surface area contributed by atoms with Gasteiger partial charge in [-0.05, 0) is 13.1 Å². The molecule has 2 N–H and O–H groups in total. The van der Waals surface area contributed by atoms with Crippen molar-refractivity contribution in [1.29, 1.82) is 0 Å². The molecule has 0 atom stereocenters. The summed E-state index contributed by atoms with van der Waals surface area (Å²) in [4.78, 5) is 17.4. The third-order valence-corrected chi connectivity index (χ3v) is 2.07. The average molecular weight is 206 g/mol. The molecule has 0 radical (unpaired) electrons. The van der Waals surface area contributed by atoms with Crippen molar-refractivity contribution in [2.24, 2.45) is 0 Å². The van der Waals surface area contributed by atoms with Crippen LogP contribution in [0.5, 0.6) is 0 Å². The van der Waals surface area contributed by atoms with Gasteiger partial charge >= 0.3 is 0 Å². The van der Waals surface area contributed by atoms with Crippen LogP contribution in [0.2, 0.25) is 0 Å². The molecular formula is C9H10N4O2. The van der Waals surface area contributed by atoms with E-state index >= 15 is 0 Å². The molecule has 15 heavy (non-hydrogen) atoms. The number of nitrogens with one attached hydrogen (secondary N) is 2. The Bertz CT molecular complexity index is 506. The summed E-state index contributed by atoms with van der Waals surface area (Å²) in [6.07, 6.45) is 0. The fraction of sp³-hybridized carbons (Fsp3) is 0.222. The van der Waals surface area contributed by atoms with Crippen LogP contribution >= 0.6 is 0 Å². The monoisotopic (exact) mass is 206 g/mol. The summed E-state index contributed by atoms with van der Waals surface area (Å²) in [6, 6.07) is 4.59. The number of aromatic nitrogens is 2. The number of non-ortho nitro benzene ring substituents is 1. The van der Waals surface area contributed by atoms with Crippen molar-refractivity contribution in [1.82, 2.24) is 15.3 Å². The Morgan fingerprint density at radius 3 is 3.07 bits per heavy atom. The van der Waals surface area contributed by atoms with Gasteiger partial charge in [0.15, 0.2) is 0 Å². The number of nitro groups is 1. The van der Waals surface area contributed by atoms with E-state index in [9.17, 15) is 10.1 Å². The molecule has 6 nitrogen and oxygen atoms in total. The van der Waals surface area contributed by atoms with E-state index in [-0.39, 0.29) is 5.69 Å². The topological polar surface area (TPSA) is 83.8 Å². The minimum absolute atomic E-state index is 0.0602. The van der Waals surface area contributed by atoms with E-state index in [0.717, 1.165) is 11.3 Å². The third kappa shape index (κ3) is 1.79. The molecule has 2 rings (SSSR count). The number of H-pyrrole nitrogens is 1. The van der Waals surface area contributed by atoms with Gasteiger partial charge in [-0.15, -0.1) is 0 Å². The molecule has 1 aromatic carbocycles. The van der Waals surface area contributed by atoms with Crippen LogP contribution in [0.25, 0.3) is 11.0 Å². The molecule has 1 aromatic heterocycles. The number of fused-ring (bicyclic) bond motifs is 1. The number of imidazole rings is 1. The number of benzene rings is 1. The fourth-order valence-corrected chi connectivity index (χ4v) is 1.41. The lowest BCUT2D eigenvalue weighted by molar-refractivity contribution is -0.384. The van der Waals surface area contributed by atoms with Gasteiger partial charge in [-0.2, -0.15) is 0 Å². The second kappa shape index (κ2) is 3.66. The van der Waals surface area contributed by atoms with Crippen molar-refractivity contribution in [3.8, 4) is 0 Å². The van der Waals surface area contributed by atoms with E-state index in [0.29, 0.717) is 12.1 Å². The van der Waals surface area contributed by atoms with Crippen LogP contribution in [0.1, 0.15) is 5.82 Å². The van der Waals surface area contributed by atoms with Gasteiger partial charge in [0.05, 0.1) is 22.5 Å². The minimum Gasteiger partial charge on any atom is -0.341 e. The van der Waals surface area contributed by atoms with Crippen LogP contribution in [-0.4, -0.2) is 21.9 Å². The Balaban J connectivity index is 2.47. The molecule has 0 spiro atoms. The van der Waals surface area contributed by atoms with Gasteiger partial charge in [0.2, 0.25) is 0 Å². The normalized spacial score (nSPS) is 10.7. The van der Waals surface area contributed by atoms with Crippen molar-refractivity contribution >= 4 is 16.7 Å². The Morgan fingerprint density at radius 2 is 2.40 bits per heavy atom. The molecule has 0 unspecified atom stereocenters. The van der Waals surface area contributed by atoms with Gasteiger partial charge < -0.3 is 10.3 Å². The largest absolute Gasteiger partial charge is 0.341 e. The first-order valence-electron chi connectivity index (χ1n) is 4.48. The lowest BCUT2D eigenvalue weighted by atomic mass is 10.3. The van der Waals surface area contributed by atoms with E-state index in [2.05, 4.69) is 15.3 Å². The van der Waals surface area contributed by atoms with E-state index in [4.69, 9.17) is 0 Å². The fourth-order valence-electron chi connectivity index (χ4n) is 1.41. The van der Waals surface area contributed by atoms with Crippen molar-refractivity contribution < 1.29 is 4.92 Å². The van der Waals surface area contributed by atoms with E-state index in [1.165, 1.54) is 12.1 Å². The predicted octanol–water partition coefficient (Wildman–Crippen LogP) is 1.19. The highest BCUT2D eigenvalue weighted by molar-refractivity contribution is 5.77. The summed E-state index contributed by atoms with van der Waals surface area (Å²) in [5, 5.41) is 13.5. The maximum Gasteiger partial charge on any atom is 0.271 e. The van der Waals surface area contributed by atoms with Crippen molar-refractivity contribution in [3.63, 3.8) is 0 Å². The number of aromatic amines is 1. The Kier molecular flexibility index (Phi) is 2.34. The van der Waals surface area contributed by atoms with Crippen LogP contribution in [0.4, 0.5) is 5.69 Å². The van der Waals surface area contributed by atoms with E-state index in [1.54, 1.807) is 6.07 Å². The highest BCUT2D eigenvalue weighted by atomic mass is 16.6. The molecule has 6 heteroatoms. The van der Waals surface area contributed by atoms with Crippen LogP contribution in [-0.2, 0) is 6.54 Å². The zero-order valence-electron chi connectivity index (χ0n) is 8.15. The van der Waals surface area contributed by atoms with Gasteiger partial charge in [-0.3, -0.25) is 10.1 Å². The second-order valence-electron chi connectivity index (χ2n) is 3.17. The summed E-state index contributed by atoms with van der Waals surface area (Å²) in [5.41, 5.74) is 1.49. The standard InChI is InChI=1S/C9H10N4O2/c1-10-5-9-11-7-3-2-6(13(14)15)4-8(7)12-9/h2-4,10H,5H2,1H3,(H,11,12). The van der Waals surface area contributed by atoms with Gasteiger partial charge in [-0.1, -0.05) is 0 Å². The number of rotatable bonds is 3. The maximum absolute atomic E-state index is 10.5. The van der Waals surface area contributed by atoms with E-state index in [1.807, 2.05) is 7.05 Å². The summed E-state index contributed by atoms with van der Waals surface area (Å²) in [6.45, 7) is 0.614. The predicted molar refractivity (Wildman–Crippen MR) is 55.5 cm³/mol. The first kappa shape index (κ1) is 9.60. The highest BCUT2D eigenvalue weighted by Crippen LogP contribution is 2.18. The molecule has 0 amide bonds. The quantitative estimate of drug-likeness (QED) is 0.583. The molecule has 78 valence electrons. The summed E-state index contributed by atoms with van der Waals surface area (Å²) >= 11 is 0. The number of hydrogen-bond donors (Lipinski definition) is 2. The third-order valence-electron chi connectivity index (χ3n) is 2.07. The highest BCUT2D eigenvalue weighted by Gasteiger charge is 2.08. The number of nitrogens with zero attached hydrogens (tertiary/aromatic N) is 2. The van der Waals surface area contributed by atoms with E-state index < -0.39 is 4.92 Å².